The molecule has 1 heterocycles. The van der Waals surface area contributed by atoms with Gasteiger partial charge in [-0.3, -0.25) is 0 Å². The van der Waals surface area contributed by atoms with Crippen molar-refractivity contribution in [1.82, 2.24) is 10.6 Å². The molecule has 2 aromatic carbocycles. The lowest BCUT2D eigenvalue weighted by Crippen LogP contribution is -2.36. The molecule has 0 aromatic heterocycles. The molecule has 6 heteroatoms. The maximum absolute atomic E-state index is 13.0. The van der Waals surface area contributed by atoms with Crippen LogP contribution in [0.15, 0.2) is 42.5 Å². The Morgan fingerprint density at radius 2 is 1.92 bits per heavy atom. The minimum Gasteiger partial charge on any atom is -0.490 e. The molecular formula is C19H21FN2O3. The van der Waals surface area contributed by atoms with Crippen molar-refractivity contribution in [3.8, 4) is 11.5 Å². The molecule has 0 spiro atoms. The van der Waals surface area contributed by atoms with E-state index in [0.29, 0.717) is 31.3 Å². The van der Waals surface area contributed by atoms with E-state index in [2.05, 4.69) is 10.6 Å². The zero-order chi connectivity index (χ0) is 17.6. The molecule has 2 aromatic rings. The Morgan fingerprint density at radius 3 is 2.72 bits per heavy atom. The molecule has 2 N–H and O–H groups in total. The average Bonchev–Trinajstić information content (AvgIpc) is 2.86. The SMILES string of the molecule is C[C@@H](NC(=O)NCc1cccc2c1OCCCO2)c1ccc(F)cc1. The van der Waals surface area contributed by atoms with E-state index in [9.17, 15) is 9.18 Å². The number of fused-ring (bicyclic) bond motifs is 1. The van der Waals surface area contributed by atoms with Crippen molar-refractivity contribution in [2.75, 3.05) is 13.2 Å². The number of benzene rings is 2. The van der Waals surface area contributed by atoms with Crippen molar-refractivity contribution < 1.29 is 18.7 Å². The van der Waals surface area contributed by atoms with Crippen molar-refractivity contribution in [3.05, 3.63) is 59.4 Å². The highest BCUT2D eigenvalue weighted by molar-refractivity contribution is 5.74. The number of hydrogen-bond donors (Lipinski definition) is 2. The summed E-state index contributed by atoms with van der Waals surface area (Å²) in [5.74, 6) is 1.09. The number of halogens is 1. The smallest absolute Gasteiger partial charge is 0.315 e. The summed E-state index contributed by atoms with van der Waals surface area (Å²) in [7, 11) is 0. The average molecular weight is 344 g/mol. The van der Waals surface area contributed by atoms with Gasteiger partial charge < -0.3 is 20.1 Å². The molecular weight excluding hydrogens is 323 g/mol. The Bertz CT molecular complexity index is 734. The first kappa shape index (κ1) is 17.1. The van der Waals surface area contributed by atoms with Crippen LogP contribution < -0.4 is 20.1 Å². The second-order valence-corrected chi connectivity index (χ2v) is 5.90. The van der Waals surface area contributed by atoms with E-state index in [1.165, 1.54) is 12.1 Å². The summed E-state index contributed by atoms with van der Waals surface area (Å²) in [5, 5.41) is 5.66. The molecule has 3 rings (SSSR count). The van der Waals surface area contributed by atoms with Gasteiger partial charge in [-0.25, -0.2) is 9.18 Å². The van der Waals surface area contributed by atoms with E-state index in [4.69, 9.17) is 9.47 Å². The number of carbonyl (C=O) groups excluding carboxylic acids is 1. The number of rotatable bonds is 4. The largest absolute Gasteiger partial charge is 0.490 e. The van der Waals surface area contributed by atoms with Crippen LogP contribution in [0.5, 0.6) is 11.5 Å². The van der Waals surface area contributed by atoms with Gasteiger partial charge in [-0.1, -0.05) is 24.3 Å². The number of ether oxygens (including phenoxy) is 2. The number of carbonyl (C=O) groups is 1. The first-order valence-electron chi connectivity index (χ1n) is 8.31. The Balaban J connectivity index is 1.58. The second-order valence-electron chi connectivity index (χ2n) is 5.90. The highest BCUT2D eigenvalue weighted by Crippen LogP contribution is 2.33. The molecule has 25 heavy (non-hydrogen) atoms. The number of nitrogens with one attached hydrogen (secondary N) is 2. The first-order valence-corrected chi connectivity index (χ1v) is 8.31. The van der Waals surface area contributed by atoms with E-state index in [1.807, 2.05) is 25.1 Å². The summed E-state index contributed by atoms with van der Waals surface area (Å²) in [6, 6.07) is 11.2. The Morgan fingerprint density at radius 1 is 1.16 bits per heavy atom. The van der Waals surface area contributed by atoms with Crippen molar-refractivity contribution in [2.24, 2.45) is 0 Å². The predicted molar refractivity (Wildman–Crippen MR) is 92.2 cm³/mol. The number of amides is 2. The molecule has 0 unspecified atom stereocenters. The molecule has 0 bridgehead atoms. The fourth-order valence-electron chi connectivity index (χ4n) is 2.65. The van der Waals surface area contributed by atoms with E-state index in [1.54, 1.807) is 12.1 Å². The van der Waals surface area contributed by atoms with Crippen LogP contribution in [0.4, 0.5) is 9.18 Å². The molecule has 1 aliphatic heterocycles. The van der Waals surface area contributed by atoms with Crippen LogP contribution >= 0.6 is 0 Å². The summed E-state index contributed by atoms with van der Waals surface area (Å²) in [4.78, 5) is 12.1. The fraction of sp³-hybridized carbons (Fsp3) is 0.316. The molecule has 1 aliphatic rings. The zero-order valence-corrected chi connectivity index (χ0v) is 14.0. The maximum atomic E-state index is 13.0. The van der Waals surface area contributed by atoms with Gasteiger partial charge in [0.1, 0.15) is 5.82 Å². The van der Waals surface area contributed by atoms with Crippen LogP contribution in [-0.2, 0) is 6.54 Å². The Hall–Kier alpha value is -2.76. The van der Waals surface area contributed by atoms with E-state index < -0.39 is 0 Å². The minimum absolute atomic E-state index is 0.229. The molecule has 0 aliphatic carbocycles. The molecule has 2 amide bonds. The van der Waals surface area contributed by atoms with Gasteiger partial charge in [0, 0.05) is 18.5 Å². The van der Waals surface area contributed by atoms with Crippen molar-refractivity contribution in [3.63, 3.8) is 0 Å². The van der Waals surface area contributed by atoms with Gasteiger partial charge in [0.2, 0.25) is 0 Å². The van der Waals surface area contributed by atoms with Crippen molar-refractivity contribution >= 4 is 6.03 Å². The van der Waals surface area contributed by atoms with Gasteiger partial charge in [0.15, 0.2) is 11.5 Å². The van der Waals surface area contributed by atoms with E-state index >= 15 is 0 Å². The lowest BCUT2D eigenvalue weighted by molar-refractivity contribution is 0.237. The van der Waals surface area contributed by atoms with E-state index in [0.717, 1.165) is 17.5 Å². The Labute approximate surface area is 146 Å². The molecule has 1 atom stereocenters. The van der Waals surface area contributed by atoms with Crippen LogP contribution in [0.2, 0.25) is 0 Å². The van der Waals surface area contributed by atoms with Gasteiger partial charge in [0.05, 0.1) is 19.3 Å². The quantitative estimate of drug-likeness (QED) is 0.892. The predicted octanol–water partition coefficient (Wildman–Crippen LogP) is 3.55. The maximum Gasteiger partial charge on any atom is 0.315 e. The van der Waals surface area contributed by atoms with Crippen LogP contribution in [-0.4, -0.2) is 19.2 Å². The minimum atomic E-state index is -0.302. The monoisotopic (exact) mass is 344 g/mol. The fourth-order valence-corrected chi connectivity index (χ4v) is 2.65. The summed E-state index contributed by atoms with van der Waals surface area (Å²) < 4.78 is 24.4. The molecule has 0 fully saturated rings. The number of hydrogen-bond acceptors (Lipinski definition) is 3. The van der Waals surface area contributed by atoms with Crippen LogP contribution in [0.3, 0.4) is 0 Å². The summed E-state index contributed by atoms with van der Waals surface area (Å²) in [6.07, 6.45) is 0.831. The topological polar surface area (TPSA) is 59.6 Å². The lowest BCUT2D eigenvalue weighted by atomic mass is 10.1. The van der Waals surface area contributed by atoms with Gasteiger partial charge in [-0.05, 0) is 30.7 Å². The van der Waals surface area contributed by atoms with Gasteiger partial charge in [0.25, 0.3) is 0 Å². The summed E-state index contributed by atoms with van der Waals surface area (Å²) in [6.45, 7) is 3.39. The third kappa shape index (κ3) is 4.41. The van der Waals surface area contributed by atoms with Crippen molar-refractivity contribution in [1.29, 1.82) is 0 Å². The molecule has 5 nitrogen and oxygen atoms in total. The third-order valence-corrected chi connectivity index (χ3v) is 4.01. The first-order chi connectivity index (χ1) is 12.1. The van der Waals surface area contributed by atoms with Gasteiger partial charge in [-0.2, -0.15) is 0 Å². The molecule has 0 saturated heterocycles. The van der Waals surface area contributed by atoms with Gasteiger partial charge >= 0.3 is 6.03 Å². The van der Waals surface area contributed by atoms with Gasteiger partial charge in [-0.15, -0.1) is 0 Å². The third-order valence-electron chi connectivity index (χ3n) is 4.01. The van der Waals surface area contributed by atoms with Crippen LogP contribution in [0.1, 0.15) is 30.5 Å². The summed E-state index contributed by atoms with van der Waals surface area (Å²) in [5.41, 5.74) is 1.70. The standard InChI is InChI=1S/C19H21FN2O3/c1-13(14-6-8-16(20)9-7-14)22-19(23)21-12-15-4-2-5-17-18(15)25-11-3-10-24-17/h2,4-9,13H,3,10-12H2,1H3,(H2,21,22,23)/t13-/m1/s1. The lowest BCUT2D eigenvalue weighted by Gasteiger charge is -2.16. The highest BCUT2D eigenvalue weighted by atomic mass is 19.1. The molecule has 132 valence electrons. The van der Waals surface area contributed by atoms with Crippen LogP contribution in [0.25, 0.3) is 0 Å². The van der Waals surface area contributed by atoms with E-state index in [-0.39, 0.29) is 17.9 Å². The number of para-hydroxylation sites is 1. The summed E-state index contributed by atoms with van der Waals surface area (Å²) >= 11 is 0. The normalized spacial score (nSPS) is 14.3. The van der Waals surface area contributed by atoms with Crippen LogP contribution in [0, 0.1) is 5.82 Å². The van der Waals surface area contributed by atoms with Crippen molar-refractivity contribution in [2.45, 2.75) is 25.9 Å². The number of urea groups is 1. The zero-order valence-electron chi connectivity index (χ0n) is 14.0. The Kier molecular flexibility index (Phi) is 5.38. The highest BCUT2D eigenvalue weighted by Gasteiger charge is 2.15. The second kappa shape index (κ2) is 7.88. The molecule has 0 saturated carbocycles. The molecule has 0 radical (unpaired) electrons.